The summed E-state index contributed by atoms with van der Waals surface area (Å²) >= 11 is 1.59. The summed E-state index contributed by atoms with van der Waals surface area (Å²) in [7, 11) is 0. The molecule has 0 saturated carbocycles. The summed E-state index contributed by atoms with van der Waals surface area (Å²) < 4.78 is 5.84. The van der Waals surface area contributed by atoms with E-state index in [1.165, 1.54) is 0 Å². The van der Waals surface area contributed by atoms with E-state index in [0.717, 1.165) is 11.0 Å². The molecule has 3 aromatic rings. The molecule has 2 atom stereocenters. The summed E-state index contributed by atoms with van der Waals surface area (Å²) in [6.45, 7) is 1.89. The molecule has 2 aromatic carbocycles. The first-order valence-electron chi connectivity index (χ1n) is 8.86. The molecule has 2 heterocycles. The summed E-state index contributed by atoms with van der Waals surface area (Å²) in [6.07, 6.45) is 0. The van der Waals surface area contributed by atoms with Crippen molar-refractivity contribution >= 4 is 34.5 Å². The number of carbonyl (C=O) groups excluding carboxylic acids is 2. The second-order valence-electron chi connectivity index (χ2n) is 6.57. The molecule has 1 saturated heterocycles. The van der Waals surface area contributed by atoms with Crippen molar-refractivity contribution in [2.75, 3.05) is 11.6 Å². The Labute approximate surface area is 161 Å². The van der Waals surface area contributed by atoms with Crippen molar-refractivity contribution in [3.8, 4) is 0 Å². The van der Waals surface area contributed by atoms with Crippen LogP contribution in [0.15, 0.2) is 65.1 Å². The van der Waals surface area contributed by atoms with Gasteiger partial charge in [0, 0.05) is 16.7 Å². The van der Waals surface area contributed by atoms with E-state index in [1.54, 1.807) is 28.8 Å². The van der Waals surface area contributed by atoms with Crippen LogP contribution in [0.1, 0.15) is 29.1 Å². The number of nitrogens with zero attached hydrogens (tertiary/aromatic N) is 1. The zero-order valence-corrected chi connectivity index (χ0v) is 15.7. The molecule has 0 spiro atoms. The van der Waals surface area contributed by atoms with Crippen molar-refractivity contribution < 1.29 is 14.0 Å². The molecule has 2 amide bonds. The zero-order chi connectivity index (χ0) is 18.8. The molecule has 1 fully saturated rings. The lowest BCUT2D eigenvalue weighted by Gasteiger charge is -2.24. The van der Waals surface area contributed by atoms with Gasteiger partial charge in [0.1, 0.15) is 17.4 Å². The molecule has 5 nitrogen and oxygen atoms in total. The third kappa shape index (κ3) is 3.57. The fourth-order valence-electron chi connectivity index (χ4n) is 3.20. The number of benzene rings is 2. The van der Waals surface area contributed by atoms with Crippen molar-refractivity contribution in [3.63, 3.8) is 0 Å². The molecular weight excluding hydrogens is 360 g/mol. The first-order chi connectivity index (χ1) is 13.1. The minimum absolute atomic E-state index is 0.114. The van der Waals surface area contributed by atoms with Crippen LogP contribution < -0.4 is 5.32 Å². The van der Waals surface area contributed by atoms with Gasteiger partial charge in [0.2, 0.25) is 5.91 Å². The summed E-state index contributed by atoms with van der Waals surface area (Å²) in [5, 5.41) is 4.00. The molecule has 0 radical (unpaired) electrons. The van der Waals surface area contributed by atoms with Crippen LogP contribution in [0.2, 0.25) is 0 Å². The van der Waals surface area contributed by atoms with Crippen LogP contribution >= 0.6 is 11.8 Å². The van der Waals surface area contributed by atoms with Gasteiger partial charge in [-0.3, -0.25) is 9.59 Å². The van der Waals surface area contributed by atoms with Gasteiger partial charge in [-0.1, -0.05) is 36.4 Å². The maximum atomic E-state index is 12.8. The molecule has 1 N–H and O–H groups in total. The predicted octanol–water partition coefficient (Wildman–Crippen LogP) is 3.83. The molecule has 138 valence electrons. The molecule has 0 bridgehead atoms. The Morgan fingerprint density at radius 1 is 1.15 bits per heavy atom. The lowest BCUT2D eigenvalue weighted by molar-refractivity contribution is -0.125. The molecule has 2 unspecified atom stereocenters. The van der Waals surface area contributed by atoms with Gasteiger partial charge in [-0.15, -0.1) is 11.8 Å². The molecule has 0 aliphatic carbocycles. The first-order valence-corrected chi connectivity index (χ1v) is 10.0. The lowest BCUT2D eigenvalue weighted by atomic mass is 10.1. The Morgan fingerprint density at radius 3 is 2.67 bits per heavy atom. The molecule has 6 heteroatoms. The van der Waals surface area contributed by atoms with Crippen LogP contribution in [0, 0.1) is 0 Å². The molecule has 4 rings (SSSR count). The van der Waals surface area contributed by atoms with Gasteiger partial charge in [-0.25, -0.2) is 0 Å². The van der Waals surface area contributed by atoms with Gasteiger partial charge in [0.15, 0.2) is 0 Å². The van der Waals surface area contributed by atoms with Gasteiger partial charge < -0.3 is 14.6 Å². The number of nitrogens with one attached hydrogen (secondary N) is 1. The third-order valence-corrected chi connectivity index (χ3v) is 5.71. The number of amides is 2. The van der Waals surface area contributed by atoms with Crippen LogP contribution in [-0.4, -0.2) is 34.4 Å². The van der Waals surface area contributed by atoms with Crippen molar-refractivity contribution in [1.29, 1.82) is 0 Å². The van der Waals surface area contributed by atoms with E-state index in [2.05, 4.69) is 5.32 Å². The summed E-state index contributed by atoms with van der Waals surface area (Å²) in [5.41, 5.74) is 1.40. The number of rotatable bonds is 4. The van der Waals surface area contributed by atoms with Gasteiger partial charge in [-0.05, 0) is 31.2 Å². The van der Waals surface area contributed by atoms with Crippen LogP contribution in [0.4, 0.5) is 0 Å². The van der Waals surface area contributed by atoms with Crippen molar-refractivity contribution in [2.45, 2.75) is 19.0 Å². The fourth-order valence-corrected chi connectivity index (χ4v) is 4.36. The molecule has 1 aliphatic rings. The van der Waals surface area contributed by atoms with Gasteiger partial charge in [0.05, 0.1) is 11.9 Å². The molecule has 1 aliphatic heterocycles. The molecular formula is C21H20N2O3S. The minimum atomic E-state index is -0.477. The number of carbonyl (C=O) groups is 2. The highest BCUT2D eigenvalue weighted by Gasteiger charge is 2.35. The van der Waals surface area contributed by atoms with Crippen LogP contribution in [-0.2, 0) is 4.79 Å². The Hall–Kier alpha value is -2.73. The topological polar surface area (TPSA) is 62.6 Å². The van der Waals surface area contributed by atoms with Crippen molar-refractivity contribution in [3.05, 3.63) is 72.0 Å². The van der Waals surface area contributed by atoms with E-state index in [4.69, 9.17) is 4.42 Å². The van der Waals surface area contributed by atoms with Crippen molar-refractivity contribution in [1.82, 2.24) is 10.2 Å². The van der Waals surface area contributed by atoms with Gasteiger partial charge >= 0.3 is 0 Å². The molecule has 27 heavy (non-hydrogen) atoms. The average molecular weight is 380 g/mol. The van der Waals surface area contributed by atoms with E-state index in [9.17, 15) is 9.59 Å². The van der Waals surface area contributed by atoms with E-state index < -0.39 is 6.04 Å². The highest BCUT2D eigenvalue weighted by Crippen LogP contribution is 2.26. The summed E-state index contributed by atoms with van der Waals surface area (Å²) in [5.74, 6) is 1.55. The van der Waals surface area contributed by atoms with Gasteiger partial charge in [-0.2, -0.15) is 0 Å². The van der Waals surface area contributed by atoms with E-state index >= 15 is 0 Å². The summed E-state index contributed by atoms with van der Waals surface area (Å²) in [6, 6.07) is 18.0. The second kappa shape index (κ2) is 7.48. The zero-order valence-electron chi connectivity index (χ0n) is 14.9. The number of furan rings is 1. The average Bonchev–Trinajstić information content (AvgIpc) is 3.35. The van der Waals surface area contributed by atoms with Crippen LogP contribution in [0.25, 0.3) is 11.0 Å². The van der Waals surface area contributed by atoms with E-state index in [-0.39, 0.29) is 17.9 Å². The van der Waals surface area contributed by atoms with Crippen LogP contribution in [0.3, 0.4) is 0 Å². The normalized spacial score (nSPS) is 17.8. The maximum absolute atomic E-state index is 12.8. The SMILES string of the molecule is CC(NC(=O)C1CSCN1C(=O)c1ccccc1)c1cc2ccccc2o1. The Morgan fingerprint density at radius 2 is 1.89 bits per heavy atom. The monoisotopic (exact) mass is 380 g/mol. The number of fused-ring (bicyclic) bond motifs is 1. The number of thioether (sulfide) groups is 1. The second-order valence-corrected chi connectivity index (χ2v) is 7.57. The molecule has 1 aromatic heterocycles. The number of para-hydroxylation sites is 1. The highest BCUT2D eigenvalue weighted by atomic mass is 32.2. The first kappa shape index (κ1) is 17.7. The predicted molar refractivity (Wildman–Crippen MR) is 106 cm³/mol. The van der Waals surface area contributed by atoms with E-state index in [1.807, 2.05) is 55.5 Å². The minimum Gasteiger partial charge on any atom is -0.459 e. The Bertz CT molecular complexity index is 937. The number of hydrogen-bond acceptors (Lipinski definition) is 4. The number of hydrogen-bond donors (Lipinski definition) is 1. The maximum Gasteiger partial charge on any atom is 0.255 e. The standard InChI is InChI=1S/C21H20N2O3S/c1-14(19-11-16-9-5-6-10-18(16)26-19)22-20(24)17-12-27-13-23(17)21(25)15-7-3-2-4-8-15/h2-11,14,17H,12-13H2,1H3,(H,22,24). The Balaban J connectivity index is 1.47. The van der Waals surface area contributed by atoms with E-state index in [0.29, 0.717) is 23.0 Å². The fraction of sp³-hybridized carbons (Fsp3) is 0.238. The van der Waals surface area contributed by atoms with Crippen molar-refractivity contribution in [2.24, 2.45) is 0 Å². The lowest BCUT2D eigenvalue weighted by Crippen LogP contribution is -2.47. The smallest absolute Gasteiger partial charge is 0.255 e. The highest BCUT2D eigenvalue weighted by molar-refractivity contribution is 7.99. The quantitative estimate of drug-likeness (QED) is 0.747. The van der Waals surface area contributed by atoms with Gasteiger partial charge in [0.25, 0.3) is 5.91 Å². The van der Waals surface area contributed by atoms with Crippen LogP contribution in [0.5, 0.6) is 0 Å². The Kier molecular flexibility index (Phi) is 4.90. The summed E-state index contributed by atoms with van der Waals surface area (Å²) in [4.78, 5) is 27.2. The third-order valence-electron chi connectivity index (χ3n) is 4.70. The largest absolute Gasteiger partial charge is 0.459 e.